The zero-order chi connectivity index (χ0) is 16.2. The first-order valence-electron chi connectivity index (χ1n) is 7.54. The summed E-state index contributed by atoms with van der Waals surface area (Å²) in [5.74, 6) is -0.714. The van der Waals surface area contributed by atoms with Crippen LogP contribution in [-0.2, 0) is 14.3 Å². The van der Waals surface area contributed by atoms with Gasteiger partial charge < -0.3 is 9.64 Å². The molecule has 0 aromatic heterocycles. The summed E-state index contributed by atoms with van der Waals surface area (Å²) in [5.41, 5.74) is -0.474. The van der Waals surface area contributed by atoms with Crippen molar-refractivity contribution in [3.05, 3.63) is 35.9 Å². The summed E-state index contributed by atoms with van der Waals surface area (Å²) < 4.78 is 5.06. The molecule has 118 valence electrons. The SMILES string of the molecule is CCOC(=O)C1(C(C)=O)CCN(C(=O)c2ccccc2)CC1. The molecule has 1 heterocycles. The highest BCUT2D eigenvalue weighted by Gasteiger charge is 2.47. The molecule has 0 N–H and O–H groups in total. The average molecular weight is 303 g/mol. The Bertz CT molecular complexity index is 559. The van der Waals surface area contributed by atoms with Gasteiger partial charge in [0.05, 0.1) is 6.61 Å². The fourth-order valence-electron chi connectivity index (χ4n) is 2.82. The molecule has 0 saturated carbocycles. The molecule has 1 aliphatic heterocycles. The standard InChI is InChI=1S/C17H21NO4/c1-3-22-16(21)17(13(2)19)9-11-18(12-10-17)15(20)14-7-5-4-6-8-14/h4-8H,3,9-12H2,1-2H3. The van der Waals surface area contributed by atoms with Gasteiger partial charge in [0.2, 0.25) is 0 Å². The number of rotatable bonds is 4. The highest BCUT2D eigenvalue weighted by molar-refractivity contribution is 6.03. The van der Waals surface area contributed by atoms with Crippen LogP contribution in [0.2, 0.25) is 0 Å². The monoisotopic (exact) mass is 303 g/mol. The minimum atomic E-state index is -1.09. The van der Waals surface area contributed by atoms with E-state index in [9.17, 15) is 14.4 Å². The van der Waals surface area contributed by atoms with Crippen LogP contribution < -0.4 is 0 Å². The van der Waals surface area contributed by atoms with E-state index in [0.29, 0.717) is 31.5 Å². The van der Waals surface area contributed by atoms with Crippen LogP contribution >= 0.6 is 0 Å². The van der Waals surface area contributed by atoms with Crippen molar-refractivity contribution in [3.8, 4) is 0 Å². The maximum atomic E-state index is 12.4. The Labute approximate surface area is 130 Å². The molecule has 0 spiro atoms. The average Bonchev–Trinajstić information content (AvgIpc) is 2.55. The number of Topliss-reactive ketones (excluding diaryl/α,β-unsaturated/α-hetero) is 1. The zero-order valence-electron chi connectivity index (χ0n) is 13.0. The molecule has 5 nitrogen and oxygen atoms in total. The van der Waals surface area contributed by atoms with Crippen molar-refractivity contribution in [3.63, 3.8) is 0 Å². The number of piperidine rings is 1. The fourth-order valence-corrected chi connectivity index (χ4v) is 2.82. The number of ether oxygens (including phenoxy) is 1. The van der Waals surface area contributed by atoms with E-state index in [-0.39, 0.29) is 18.3 Å². The maximum absolute atomic E-state index is 12.4. The zero-order valence-corrected chi connectivity index (χ0v) is 13.0. The Morgan fingerprint density at radius 3 is 2.23 bits per heavy atom. The van der Waals surface area contributed by atoms with E-state index in [0.717, 1.165) is 0 Å². The van der Waals surface area contributed by atoms with Gasteiger partial charge >= 0.3 is 5.97 Å². The van der Waals surface area contributed by atoms with Crippen molar-refractivity contribution in [1.82, 2.24) is 4.90 Å². The van der Waals surface area contributed by atoms with E-state index in [1.807, 2.05) is 18.2 Å². The Morgan fingerprint density at radius 2 is 1.73 bits per heavy atom. The Balaban J connectivity index is 2.09. The Kier molecular flexibility index (Phi) is 4.96. The lowest BCUT2D eigenvalue weighted by Gasteiger charge is -2.38. The van der Waals surface area contributed by atoms with Gasteiger partial charge in [-0.3, -0.25) is 14.4 Å². The predicted molar refractivity (Wildman–Crippen MR) is 81.3 cm³/mol. The molecule has 1 aromatic carbocycles. The van der Waals surface area contributed by atoms with Crippen molar-refractivity contribution < 1.29 is 19.1 Å². The number of benzene rings is 1. The molecule has 5 heteroatoms. The van der Waals surface area contributed by atoms with E-state index in [1.54, 1.807) is 24.0 Å². The topological polar surface area (TPSA) is 63.7 Å². The van der Waals surface area contributed by atoms with Gasteiger partial charge in [-0.15, -0.1) is 0 Å². The number of esters is 1. The van der Waals surface area contributed by atoms with Crippen molar-refractivity contribution in [2.75, 3.05) is 19.7 Å². The van der Waals surface area contributed by atoms with Crippen molar-refractivity contribution >= 4 is 17.7 Å². The summed E-state index contributed by atoms with van der Waals surface area (Å²) in [6.45, 7) is 4.16. The minimum Gasteiger partial charge on any atom is -0.465 e. The molecule has 0 radical (unpaired) electrons. The van der Waals surface area contributed by atoms with Gasteiger partial charge in [0.15, 0.2) is 0 Å². The van der Waals surface area contributed by atoms with Gasteiger partial charge in [-0.2, -0.15) is 0 Å². The number of amides is 1. The highest BCUT2D eigenvalue weighted by atomic mass is 16.5. The van der Waals surface area contributed by atoms with Gasteiger partial charge in [-0.25, -0.2) is 0 Å². The number of ketones is 1. The first kappa shape index (κ1) is 16.2. The first-order valence-corrected chi connectivity index (χ1v) is 7.54. The maximum Gasteiger partial charge on any atom is 0.319 e. The fraction of sp³-hybridized carbons (Fsp3) is 0.471. The molecular formula is C17H21NO4. The normalized spacial score (nSPS) is 16.9. The van der Waals surface area contributed by atoms with Crippen LogP contribution in [-0.4, -0.2) is 42.3 Å². The third-order valence-corrected chi connectivity index (χ3v) is 4.27. The van der Waals surface area contributed by atoms with E-state index < -0.39 is 11.4 Å². The Hall–Kier alpha value is -2.17. The van der Waals surface area contributed by atoms with Crippen molar-refractivity contribution in [1.29, 1.82) is 0 Å². The van der Waals surface area contributed by atoms with Crippen LogP contribution in [0.5, 0.6) is 0 Å². The number of nitrogens with zero attached hydrogens (tertiary/aromatic N) is 1. The molecule has 1 aromatic rings. The number of carbonyl (C=O) groups excluding carboxylic acids is 3. The van der Waals surface area contributed by atoms with E-state index in [2.05, 4.69) is 0 Å². The Morgan fingerprint density at radius 1 is 1.14 bits per heavy atom. The van der Waals surface area contributed by atoms with Crippen LogP contribution in [0.1, 0.15) is 37.0 Å². The highest BCUT2D eigenvalue weighted by Crippen LogP contribution is 2.34. The van der Waals surface area contributed by atoms with Gasteiger partial charge in [0, 0.05) is 18.7 Å². The molecular weight excluding hydrogens is 282 g/mol. The van der Waals surface area contributed by atoms with Crippen LogP contribution in [0.4, 0.5) is 0 Å². The van der Waals surface area contributed by atoms with Crippen LogP contribution in [0.3, 0.4) is 0 Å². The second-order valence-electron chi connectivity index (χ2n) is 5.52. The van der Waals surface area contributed by atoms with Gasteiger partial charge in [0.25, 0.3) is 5.91 Å². The minimum absolute atomic E-state index is 0.0680. The molecule has 1 fully saturated rings. The van der Waals surface area contributed by atoms with E-state index in [4.69, 9.17) is 4.74 Å². The van der Waals surface area contributed by atoms with Gasteiger partial charge in [-0.1, -0.05) is 18.2 Å². The third kappa shape index (κ3) is 3.03. The molecule has 0 atom stereocenters. The molecule has 1 aliphatic rings. The quantitative estimate of drug-likeness (QED) is 0.631. The van der Waals surface area contributed by atoms with Crippen molar-refractivity contribution in [2.24, 2.45) is 5.41 Å². The lowest BCUT2D eigenvalue weighted by Crippen LogP contribution is -2.50. The lowest BCUT2D eigenvalue weighted by molar-refractivity contribution is -0.162. The van der Waals surface area contributed by atoms with Crippen molar-refractivity contribution in [2.45, 2.75) is 26.7 Å². The first-order chi connectivity index (χ1) is 10.5. The molecule has 1 saturated heterocycles. The molecule has 22 heavy (non-hydrogen) atoms. The van der Waals surface area contributed by atoms with Gasteiger partial charge in [-0.05, 0) is 38.8 Å². The number of likely N-dealkylation sites (tertiary alicyclic amines) is 1. The molecule has 2 rings (SSSR count). The number of hydrogen-bond donors (Lipinski definition) is 0. The second kappa shape index (κ2) is 6.73. The molecule has 0 unspecified atom stereocenters. The van der Waals surface area contributed by atoms with E-state index >= 15 is 0 Å². The summed E-state index contributed by atoms with van der Waals surface area (Å²) >= 11 is 0. The third-order valence-electron chi connectivity index (χ3n) is 4.27. The van der Waals surface area contributed by atoms with Crippen LogP contribution in [0.15, 0.2) is 30.3 Å². The largest absolute Gasteiger partial charge is 0.465 e. The summed E-state index contributed by atoms with van der Waals surface area (Å²) in [6, 6.07) is 9.01. The smallest absolute Gasteiger partial charge is 0.319 e. The van der Waals surface area contributed by atoms with E-state index in [1.165, 1.54) is 6.92 Å². The molecule has 0 aliphatic carbocycles. The summed E-state index contributed by atoms with van der Waals surface area (Å²) in [6.07, 6.45) is 0.638. The van der Waals surface area contributed by atoms with Gasteiger partial charge in [0.1, 0.15) is 11.2 Å². The number of hydrogen-bond acceptors (Lipinski definition) is 4. The predicted octanol–water partition coefficient (Wildman–Crippen LogP) is 2.06. The summed E-state index contributed by atoms with van der Waals surface area (Å²) in [7, 11) is 0. The number of carbonyl (C=O) groups is 3. The van der Waals surface area contributed by atoms with Crippen LogP contribution in [0.25, 0.3) is 0 Å². The molecule has 0 bridgehead atoms. The molecule has 1 amide bonds. The second-order valence-corrected chi connectivity index (χ2v) is 5.52. The van der Waals surface area contributed by atoms with Crippen LogP contribution in [0, 0.1) is 5.41 Å². The lowest BCUT2D eigenvalue weighted by atomic mass is 9.75. The summed E-state index contributed by atoms with van der Waals surface area (Å²) in [4.78, 5) is 38.2. The summed E-state index contributed by atoms with van der Waals surface area (Å²) in [5, 5.41) is 0.